The Kier molecular flexibility index (Phi) is 4.01. The highest BCUT2D eigenvalue weighted by atomic mass is 16.6. The van der Waals surface area contributed by atoms with Crippen LogP contribution in [-0.2, 0) is 4.79 Å². The zero-order valence-electron chi connectivity index (χ0n) is 13.9. The van der Waals surface area contributed by atoms with Crippen LogP contribution in [-0.4, -0.2) is 71.9 Å². The fourth-order valence-corrected chi connectivity index (χ4v) is 2.93. The van der Waals surface area contributed by atoms with Gasteiger partial charge in [0, 0.05) is 53.1 Å². The molecule has 0 aromatic carbocycles. The van der Waals surface area contributed by atoms with Gasteiger partial charge in [-0.3, -0.25) is 4.79 Å². The van der Waals surface area contributed by atoms with Crippen molar-refractivity contribution in [1.29, 1.82) is 0 Å². The van der Waals surface area contributed by atoms with Crippen molar-refractivity contribution >= 4 is 28.8 Å². The average Bonchev–Trinajstić information content (AvgIpc) is 3.11. The Bertz CT molecular complexity index is 714. The summed E-state index contributed by atoms with van der Waals surface area (Å²) in [5.74, 6) is 1.92. The highest BCUT2D eigenvalue weighted by Crippen LogP contribution is 2.27. The van der Waals surface area contributed by atoms with Gasteiger partial charge in [-0.25, -0.2) is 14.6 Å². The number of likely N-dealkylation sites (tertiary alicyclic amines) is 1. The normalized spacial score (nSPS) is 18.0. The number of carbonyl (C=O) groups is 1. The van der Waals surface area contributed by atoms with E-state index >= 15 is 0 Å². The lowest BCUT2D eigenvalue weighted by Crippen LogP contribution is -2.30. The molecule has 0 saturated carbocycles. The molecule has 9 nitrogen and oxygen atoms in total. The molecule has 1 unspecified atom stereocenters. The maximum absolute atomic E-state index is 11.9. The van der Waals surface area contributed by atoms with E-state index in [4.69, 9.17) is 4.63 Å². The molecule has 0 radical (unpaired) electrons. The number of nitrogens with zero attached hydrogens (tertiary/aromatic N) is 7. The summed E-state index contributed by atoms with van der Waals surface area (Å²) in [7, 11) is 5.76. The van der Waals surface area contributed by atoms with Crippen LogP contribution in [0.25, 0.3) is 11.3 Å². The summed E-state index contributed by atoms with van der Waals surface area (Å²) in [6.45, 7) is 4.29. The van der Waals surface area contributed by atoms with Crippen molar-refractivity contribution in [3.63, 3.8) is 0 Å². The van der Waals surface area contributed by atoms with Crippen LogP contribution < -0.4 is 9.80 Å². The third kappa shape index (κ3) is 2.90. The molecule has 9 heteroatoms. The summed E-state index contributed by atoms with van der Waals surface area (Å²) in [5.41, 5.74) is 0.772. The predicted octanol–water partition coefficient (Wildman–Crippen LogP) is 0.383. The third-order valence-corrected chi connectivity index (χ3v) is 4.07. The molecule has 0 aliphatic carbocycles. The van der Waals surface area contributed by atoms with Gasteiger partial charge in [-0.2, -0.15) is 0 Å². The van der Waals surface area contributed by atoms with E-state index in [9.17, 15) is 4.79 Å². The SMILES string of the molecule is CCN1CC(CN(C)c2nc3nonc3nc2N(C)C)CC1=O. The van der Waals surface area contributed by atoms with Crippen molar-refractivity contribution in [2.24, 2.45) is 5.92 Å². The standard InChI is InChI=1S/C14H21N7O2/c1-5-21-8-9(6-10(21)22)7-20(4)14-13(19(2)3)15-11-12(16-14)18-23-17-11/h9H,5-8H2,1-4H3. The second-order valence-corrected chi connectivity index (χ2v) is 6.06. The van der Waals surface area contributed by atoms with Crippen molar-refractivity contribution < 1.29 is 9.42 Å². The fourth-order valence-electron chi connectivity index (χ4n) is 2.93. The Balaban J connectivity index is 1.84. The first kappa shape index (κ1) is 15.4. The highest BCUT2D eigenvalue weighted by molar-refractivity contribution is 5.79. The van der Waals surface area contributed by atoms with Crippen LogP contribution in [0.3, 0.4) is 0 Å². The van der Waals surface area contributed by atoms with Crippen LogP contribution in [0, 0.1) is 5.92 Å². The second-order valence-electron chi connectivity index (χ2n) is 6.06. The van der Waals surface area contributed by atoms with E-state index < -0.39 is 0 Å². The third-order valence-electron chi connectivity index (χ3n) is 4.07. The summed E-state index contributed by atoms with van der Waals surface area (Å²) >= 11 is 0. The number of fused-ring (bicyclic) bond motifs is 1. The summed E-state index contributed by atoms with van der Waals surface area (Å²) < 4.78 is 4.70. The number of carbonyl (C=O) groups excluding carboxylic acids is 1. The van der Waals surface area contributed by atoms with Crippen molar-refractivity contribution in [3.8, 4) is 0 Å². The molecule has 1 atom stereocenters. The van der Waals surface area contributed by atoms with E-state index in [-0.39, 0.29) is 11.8 Å². The summed E-state index contributed by atoms with van der Waals surface area (Å²) in [5, 5.41) is 7.50. The van der Waals surface area contributed by atoms with Gasteiger partial charge >= 0.3 is 0 Å². The zero-order valence-corrected chi connectivity index (χ0v) is 13.9. The lowest BCUT2D eigenvalue weighted by Gasteiger charge is -2.25. The minimum absolute atomic E-state index is 0.223. The molecule has 23 heavy (non-hydrogen) atoms. The van der Waals surface area contributed by atoms with Gasteiger partial charge in [-0.05, 0) is 17.2 Å². The Morgan fingerprint density at radius 2 is 1.83 bits per heavy atom. The average molecular weight is 319 g/mol. The smallest absolute Gasteiger partial charge is 0.245 e. The van der Waals surface area contributed by atoms with Gasteiger partial charge in [0.15, 0.2) is 11.6 Å². The number of anilines is 2. The van der Waals surface area contributed by atoms with Gasteiger partial charge in [0.1, 0.15) is 0 Å². The van der Waals surface area contributed by atoms with Gasteiger partial charge in [0.05, 0.1) is 0 Å². The van der Waals surface area contributed by atoms with Crippen LogP contribution in [0.15, 0.2) is 4.63 Å². The van der Waals surface area contributed by atoms with E-state index in [1.54, 1.807) is 0 Å². The van der Waals surface area contributed by atoms with E-state index in [1.165, 1.54) is 0 Å². The van der Waals surface area contributed by atoms with Gasteiger partial charge in [0.25, 0.3) is 0 Å². The molecule has 0 N–H and O–H groups in total. The molecule has 1 aliphatic rings. The van der Waals surface area contributed by atoms with Crippen LogP contribution in [0.2, 0.25) is 0 Å². The molecule has 124 valence electrons. The van der Waals surface area contributed by atoms with Crippen molar-refractivity contribution in [2.45, 2.75) is 13.3 Å². The molecule has 1 amide bonds. The first-order valence-electron chi connectivity index (χ1n) is 7.66. The minimum atomic E-state index is 0.223. The highest BCUT2D eigenvalue weighted by Gasteiger charge is 2.30. The molecule has 3 rings (SSSR count). The number of hydrogen-bond acceptors (Lipinski definition) is 8. The van der Waals surface area contributed by atoms with Crippen molar-refractivity contribution in [2.75, 3.05) is 50.6 Å². The maximum Gasteiger partial charge on any atom is 0.245 e. The van der Waals surface area contributed by atoms with Gasteiger partial charge in [-0.15, -0.1) is 0 Å². The monoisotopic (exact) mass is 319 g/mol. The molecular weight excluding hydrogens is 298 g/mol. The van der Waals surface area contributed by atoms with Crippen LogP contribution in [0.4, 0.5) is 11.6 Å². The molecule has 1 aliphatic heterocycles. The van der Waals surface area contributed by atoms with Crippen LogP contribution >= 0.6 is 0 Å². The Morgan fingerprint density at radius 1 is 1.17 bits per heavy atom. The zero-order chi connectivity index (χ0) is 16.6. The summed E-state index contributed by atoms with van der Waals surface area (Å²) in [6.07, 6.45) is 0.580. The molecular formula is C14H21N7O2. The topological polar surface area (TPSA) is 91.5 Å². The Morgan fingerprint density at radius 3 is 2.39 bits per heavy atom. The van der Waals surface area contributed by atoms with E-state index in [2.05, 4.69) is 20.3 Å². The summed E-state index contributed by atoms with van der Waals surface area (Å²) in [6, 6.07) is 0. The first-order chi connectivity index (χ1) is 11.0. The number of hydrogen-bond donors (Lipinski definition) is 0. The van der Waals surface area contributed by atoms with E-state index in [1.807, 2.05) is 42.8 Å². The largest absolute Gasteiger partial charge is 0.360 e. The van der Waals surface area contributed by atoms with Gasteiger partial charge < -0.3 is 14.7 Å². The van der Waals surface area contributed by atoms with Crippen LogP contribution in [0.5, 0.6) is 0 Å². The first-order valence-corrected chi connectivity index (χ1v) is 7.66. The van der Waals surface area contributed by atoms with Gasteiger partial charge in [0.2, 0.25) is 17.2 Å². The number of amides is 1. The molecule has 0 spiro atoms. The Labute approximate surface area is 134 Å². The number of aromatic nitrogens is 4. The quantitative estimate of drug-likeness (QED) is 0.781. The lowest BCUT2D eigenvalue weighted by atomic mass is 10.1. The second kappa shape index (κ2) is 5.98. The molecule has 1 fully saturated rings. The Hall–Kier alpha value is -2.45. The molecule has 2 aromatic heterocycles. The molecule has 0 bridgehead atoms. The maximum atomic E-state index is 11.9. The van der Waals surface area contributed by atoms with E-state index in [0.717, 1.165) is 19.6 Å². The van der Waals surface area contributed by atoms with Crippen LogP contribution in [0.1, 0.15) is 13.3 Å². The predicted molar refractivity (Wildman–Crippen MR) is 85.4 cm³/mol. The number of rotatable bonds is 5. The fraction of sp³-hybridized carbons (Fsp3) is 0.643. The molecule has 1 saturated heterocycles. The molecule has 2 aromatic rings. The van der Waals surface area contributed by atoms with Crippen molar-refractivity contribution in [3.05, 3.63) is 0 Å². The lowest BCUT2D eigenvalue weighted by molar-refractivity contribution is -0.127. The van der Waals surface area contributed by atoms with Crippen molar-refractivity contribution in [1.82, 2.24) is 25.2 Å². The molecule has 3 heterocycles. The van der Waals surface area contributed by atoms with E-state index in [0.29, 0.717) is 29.4 Å². The van der Waals surface area contributed by atoms with Gasteiger partial charge in [-0.1, -0.05) is 0 Å². The minimum Gasteiger partial charge on any atom is -0.360 e. The summed E-state index contributed by atoms with van der Waals surface area (Å²) in [4.78, 5) is 26.6.